The van der Waals surface area contributed by atoms with E-state index in [2.05, 4.69) is 10.4 Å². The standard InChI is InChI=1S/C12H10F3N3O/c1-18-9(7-10(17-18)12(13,14)15)11(19)16-8-5-3-2-4-6-8/h2-7H,1H3,(H,16,19). The van der Waals surface area contributed by atoms with Crippen molar-refractivity contribution in [2.45, 2.75) is 6.18 Å². The maximum absolute atomic E-state index is 12.5. The van der Waals surface area contributed by atoms with Crippen molar-refractivity contribution in [3.05, 3.63) is 47.8 Å². The average Bonchev–Trinajstić information content (AvgIpc) is 2.72. The highest BCUT2D eigenvalue weighted by Gasteiger charge is 2.35. The molecule has 0 saturated carbocycles. The van der Waals surface area contributed by atoms with Crippen molar-refractivity contribution in [1.29, 1.82) is 0 Å². The van der Waals surface area contributed by atoms with Crippen LogP contribution in [0.5, 0.6) is 0 Å². The Morgan fingerprint density at radius 2 is 1.89 bits per heavy atom. The summed E-state index contributed by atoms with van der Waals surface area (Å²) in [6.45, 7) is 0. The Labute approximate surface area is 106 Å². The minimum atomic E-state index is -4.57. The number of amides is 1. The SMILES string of the molecule is Cn1nc(C(F)(F)F)cc1C(=O)Nc1ccccc1. The van der Waals surface area contributed by atoms with Gasteiger partial charge in [0.2, 0.25) is 0 Å². The molecule has 0 aliphatic rings. The fraction of sp³-hybridized carbons (Fsp3) is 0.167. The van der Waals surface area contributed by atoms with Crippen molar-refractivity contribution in [3.63, 3.8) is 0 Å². The lowest BCUT2D eigenvalue weighted by molar-refractivity contribution is -0.141. The molecule has 100 valence electrons. The maximum Gasteiger partial charge on any atom is 0.435 e. The van der Waals surface area contributed by atoms with Crippen LogP contribution in [0.2, 0.25) is 0 Å². The summed E-state index contributed by atoms with van der Waals surface area (Å²) in [6, 6.07) is 9.18. The summed E-state index contributed by atoms with van der Waals surface area (Å²) in [5, 5.41) is 5.77. The van der Waals surface area contributed by atoms with Gasteiger partial charge < -0.3 is 5.32 Å². The van der Waals surface area contributed by atoms with Gasteiger partial charge in [-0.1, -0.05) is 18.2 Å². The molecule has 1 aromatic carbocycles. The maximum atomic E-state index is 12.5. The third kappa shape index (κ3) is 2.93. The third-order valence-corrected chi connectivity index (χ3v) is 2.43. The second kappa shape index (κ2) is 4.75. The van der Waals surface area contributed by atoms with Crippen LogP contribution in [0.1, 0.15) is 16.2 Å². The van der Waals surface area contributed by atoms with E-state index in [4.69, 9.17) is 0 Å². The highest BCUT2D eigenvalue weighted by molar-refractivity contribution is 6.03. The molecule has 2 rings (SSSR count). The fourth-order valence-corrected chi connectivity index (χ4v) is 1.53. The van der Waals surface area contributed by atoms with E-state index in [-0.39, 0.29) is 5.69 Å². The lowest BCUT2D eigenvalue weighted by Crippen LogP contribution is -2.15. The second-order valence-electron chi connectivity index (χ2n) is 3.86. The summed E-state index contributed by atoms with van der Waals surface area (Å²) >= 11 is 0. The molecule has 4 nitrogen and oxygen atoms in total. The van der Waals surface area contributed by atoms with Gasteiger partial charge >= 0.3 is 6.18 Å². The zero-order chi connectivity index (χ0) is 14.0. The van der Waals surface area contributed by atoms with E-state index in [1.54, 1.807) is 30.3 Å². The molecule has 0 saturated heterocycles. The zero-order valence-corrected chi connectivity index (χ0v) is 9.90. The van der Waals surface area contributed by atoms with Gasteiger partial charge in [0.25, 0.3) is 5.91 Å². The zero-order valence-electron chi connectivity index (χ0n) is 9.90. The van der Waals surface area contributed by atoms with Crippen LogP contribution >= 0.6 is 0 Å². The summed E-state index contributed by atoms with van der Waals surface area (Å²) < 4.78 is 38.3. The number of rotatable bonds is 2. The Kier molecular flexibility index (Phi) is 3.28. The van der Waals surface area contributed by atoms with E-state index in [9.17, 15) is 18.0 Å². The predicted octanol–water partition coefficient (Wildman–Crippen LogP) is 2.69. The smallest absolute Gasteiger partial charge is 0.321 e. The van der Waals surface area contributed by atoms with E-state index in [0.29, 0.717) is 5.69 Å². The second-order valence-corrected chi connectivity index (χ2v) is 3.86. The molecule has 0 aliphatic heterocycles. The molecule has 0 aliphatic carbocycles. The Hall–Kier alpha value is -2.31. The molecular weight excluding hydrogens is 259 g/mol. The van der Waals surface area contributed by atoms with E-state index in [1.165, 1.54) is 7.05 Å². The molecule has 19 heavy (non-hydrogen) atoms. The first-order valence-electron chi connectivity index (χ1n) is 5.35. The number of benzene rings is 1. The van der Waals surface area contributed by atoms with Crippen LogP contribution in [0.3, 0.4) is 0 Å². The molecule has 1 heterocycles. The number of hydrogen-bond acceptors (Lipinski definition) is 2. The molecule has 2 aromatic rings. The number of anilines is 1. The minimum Gasteiger partial charge on any atom is -0.321 e. The Morgan fingerprint density at radius 1 is 1.26 bits per heavy atom. The van der Waals surface area contributed by atoms with Crippen LogP contribution in [0, 0.1) is 0 Å². The fourth-order valence-electron chi connectivity index (χ4n) is 1.53. The van der Waals surface area contributed by atoms with Gasteiger partial charge in [-0.3, -0.25) is 9.48 Å². The molecule has 1 amide bonds. The number of hydrogen-bond donors (Lipinski definition) is 1. The number of carbonyl (C=O) groups excluding carboxylic acids is 1. The third-order valence-electron chi connectivity index (χ3n) is 2.43. The lowest BCUT2D eigenvalue weighted by Gasteiger charge is -2.04. The van der Waals surface area contributed by atoms with Crippen LogP contribution in [0.4, 0.5) is 18.9 Å². The summed E-state index contributed by atoms with van der Waals surface area (Å²) in [5.74, 6) is -0.642. The Balaban J connectivity index is 2.23. The van der Waals surface area contributed by atoms with E-state index < -0.39 is 17.8 Å². The monoisotopic (exact) mass is 269 g/mol. The number of aromatic nitrogens is 2. The van der Waals surface area contributed by atoms with Gasteiger partial charge in [0, 0.05) is 18.8 Å². The quantitative estimate of drug-likeness (QED) is 0.911. The molecule has 0 radical (unpaired) electrons. The number of para-hydroxylation sites is 1. The predicted molar refractivity (Wildman–Crippen MR) is 62.6 cm³/mol. The molecule has 1 N–H and O–H groups in total. The van der Waals surface area contributed by atoms with Crippen molar-refractivity contribution in [2.75, 3.05) is 5.32 Å². The summed E-state index contributed by atoms with van der Waals surface area (Å²) in [7, 11) is 1.29. The van der Waals surface area contributed by atoms with Crippen molar-refractivity contribution < 1.29 is 18.0 Å². The lowest BCUT2D eigenvalue weighted by atomic mass is 10.3. The minimum absolute atomic E-state index is 0.156. The largest absolute Gasteiger partial charge is 0.435 e. The van der Waals surface area contributed by atoms with Gasteiger partial charge in [-0.05, 0) is 12.1 Å². The first kappa shape index (κ1) is 13.1. The number of aryl methyl sites for hydroxylation is 1. The molecule has 0 atom stereocenters. The first-order chi connectivity index (χ1) is 8.88. The topological polar surface area (TPSA) is 46.9 Å². The molecule has 7 heteroatoms. The van der Waals surface area contributed by atoms with Gasteiger partial charge in [-0.2, -0.15) is 18.3 Å². The molecule has 1 aromatic heterocycles. The number of nitrogens with one attached hydrogen (secondary N) is 1. The molecule has 0 spiro atoms. The molecule has 0 unspecified atom stereocenters. The van der Waals surface area contributed by atoms with Gasteiger partial charge in [0.1, 0.15) is 5.69 Å². The number of alkyl halides is 3. The van der Waals surface area contributed by atoms with Crippen molar-refractivity contribution >= 4 is 11.6 Å². The van der Waals surface area contributed by atoms with Gasteiger partial charge in [0.15, 0.2) is 5.69 Å². The summed E-state index contributed by atoms with van der Waals surface area (Å²) in [5.41, 5.74) is -0.744. The van der Waals surface area contributed by atoms with Crippen LogP contribution in [-0.4, -0.2) is 15.7 Å². The van der Waals surface area contributed by atoms with Crippen LogP contribution in [0.15, 0.2) is 36.4 Å². The van der Waals surface area contributed by atoms with Gasteiger partial charge in [-0.15, -0.1) is 0 Å². The van der Waals surface area contributed by atoms with Crippen LogP contribution in [-0.2, 0) is 13.2 Å². The Bertz CT molecular complexity index is 590. The molecular formula is C12H10F3N3O. The van der Waals surface area contributed by atoms with E-state index >= 15 is 0 Å². The van der Waals surface area contributed by atoms with Crippen molar-refractivity contribution in [2.24, 2.45) is 7.05 Å². The summed E-state index contributed by atoms with van der Waals surface area (Å²) in [6.07, 6.45) is -4.57. The summed E-state index contributed by atoms with van der Waals surface area (Å²) in [4.78, 5) is 11.8. The van der Waals surface area contributed by atoms with Crippen molar-refractivity contribution in [1.82, 2.24) is 9.78 Å². The molecule has 0 fully saturated rings. The Morgan fingerprint density at radius 3 is 2.42 bits per heavy atom. The average molecular weight is 269 g/mol. The van der Waals surface area contributed by atoms with Crippen LogP contribution < -0.4 is 5.32 Å². The number of halogens is 3. The first-order valence-corrected chi connectivity index (χ1v) is 5.35. The number of carbonyl (C=O) groups is 1. The van der Waals surface area contributed by atoms with Crippen molar-refractivity contribution in [3.8, 4) is 0 Å². The van der Waals surface area contributed by atoms with Gasteiger partial charge in [-0.25, -0.2) is 0 Å². The highest BCUT2D eigenvalue weighted by atomic mass is 19.4. The van der Waals surface area contributed by atoms with Gasteiger partial charge in [0.05, 0.1) is 0 Å². The van der Waals surface area contributed by atoms with E-state index in [1.807, 2.05) is 0 Å². The molecule has 0 bridgehead atoms. The highest BCUT2D eigenvalue weighted by Crippen LogP contribution is 2.28. The van der Waals surface area contributed by atoms with Crippen LogP contribution in [0.25, 0.3) is 0 Å². The normalized spacial score (nSPS) is 11.4. The van der Waals surface area contributed by atoms with E-state index in [0.717, 1.165) is 10.7 Å². The number of nitrogens with zero attached hydrogens (tertiary/aromatic N) is 2.